The molecule has 0 saturated carbocycles. The van der Waals surface area contributed by atoms with Gasteiger partial charge in [-0.2, -0.15) is 0 Å². The van der Waals surface area contributed by atoms with E-state index in [4.69, 9.17) is 22.4 Å². The summed E-state index contributed by atoms with van der Waals surface area (Å²) >= 11 is 5.86. The maximum absolute atomic E-state index is 13.6. The van der Waals surface area contributed by atoms with Crippen LogP contribution >= 0.6 is 11.6 Å². The van der Waals surface area contributed by atoms with Crippen LogP contribution in [0.4, 0.5) is 30.2 Å². The highest BCUT2D eigenvalue weighted by Crippen LogP contribution is 2.33. The Morgan fingerprint density at radius 2 is 1.71 bits per heavy atom. The lowest BCUT2D eigenvalue weighted by molar-refractivity contribution is 0.0698. The first-order valence-electron chi connectivity index (χ1n) is 5.53. The Hall–Kier alpha value is -2.41. The number of nitrogen functional groups attached to an aromatic ring is 1. The summed E-state index contributed by atoms with van der Waals surface area (Å²) in [4.78, 5) is 11.1. The van der Waals surface area contributed by atoms with Gasteiger partial charge in [0.25, 0.3) is 0 Å². The summed E-state index contributed by atoms with van der Waals surface area (Å²) in [7, 11) is 0. The van der Waals surface area contributed by atoms with Crippen LogP contribution in [0.25, 0.3) is 0 Å². The number of nitrogens with one attached hydrogen (secondary N) is 1. The molecule has 0 spiro atoms. The lowest BCUT2D eigenvalue weighted by atomic mass is 10.1. The van der Waals surface area contributed by atoms with E-state index in [2.05, 4.69) is 5.32 Å². The molecule has 0 saturated heterocycles. The van der Waals surface area contributed by atoms with Gasteiger partial charge in [0.15, 0.2) is 11.6 Å². The zero-order chi connectivity index (χ0) is 15.7. The van der Waals surface area contributed by atoms with E-state index in [1.165, 1.54) is 6.07 Å². The van der Waals surface area contributed by atoms with Crippen LogP contribution in [0, 0.1) is 17.5 Å². The Bertz CT molecular complexity index is 738. The Labute approximate surface area is 121 Å². The van der Waals surface area contributed by atoms with Crippen LogP contribution in [0.3, 0.4) is 0 Å². The Balaban J connectivity index is 2.54. The first kappa shape index (κ1) is 15.0. The molecule has 4 nitrogen and oxygen atoms in total. The van der Waals surface area contributed by atoms with Crippen molar-refractivity contribution in [2.45, 2.75) is 0 Å². The first-order chi connectivity index (χ1) is 9.79. The fourth-order valence-corrected chi connectivity index (χ4v) is 1.95. The summed E-state index contributed by atoms with van der Waals surface area (Å²) in [6.45, 7) is 0. The van der Waals surface area contributed by atoms with Crippen molar-refractivity contribution in [1.29, 1.82) is 0 Å². The van der Waals surface area contributed by atoms with Crippen LogP contribution < -0.4 is 11.1 Å². The number of nitrogens with two attached hydrogens (primary N) is 1. The molecule has 0 atom stereocenters. The number of carboxylic acid groups (broad SMARTS) is 1. The highest BCUT2D eigenvalue weighted by Gasteiger charge is 2.17. The maximum atomic E-state index is 13.6. The summed E-state index contributed by atoms with van der Waals surface area (Å²) in [5.41, 5.74) is 4.60. The molecule has 4 N–H and O–H groups in total. The third kappa shape index (κ3) is 3.03. The fourth-order valence-electron chi connectivity index (χ4n) is 1.68. The van der Waals surface area contributed by atoms with Crippen LogP contribution in [0.15, 0.2) is 24.3 Å². The number of aromatic carboxylic acids is 1. The molecule has 110 valence electrons. The lowest BCUT2D eigenvalue weighted by Crippen LogP contribution is -2.06. The maximum Gasteiger partial charge on any atom is 0.337 e. The Morgan fingerprint density at radius 3 is 2.33 bits per heavy atom. The lowest BCUT2D eigenvalue weighted by Gasteiger charge is -2.13. The zero-order valence-electron chi connectivity index (χ0n) is 10.3. The fraction of sp³-hybridized carbons (Fsp3) is 0. The van der Waals surface area contributed by atoms with Gasteiger partial charge in [-0.05, 0) is 12.1 Å². The summed E-state index contributed by atoms with van der Waals surface area (Å²) in [5, 5.41) is 11.3. The SMILES string of the molecule is Nc1cc(Cl)c(Nc2cc(F)c(F)cc2F)c(C(=O)O)c1. The van der Waals surface area contributed by atoms with E-state index in [1.807, 2.05) is 0 Å². The van der Waals surface area contributed by atoms with Crippen LogP contribution in [0.1, 0.15) is 10.4 Å². The van der Waals surface area contributed by atoms with Gasteiger partial charge in [-0.1, -0.05) is 11.6 Å². The summed E-state index contributed by atoms with van der Waals surface area (Å²) < 4.78 is 39.6. The quantitative estimate of drug-likeness (QED) is 0.595. The predicted molar refractivity (Wildman–Crippen MR) is 72.4 cm³/mol. The van der Waals surface area contributed by atoms with E-state index in [-0.39, 0.29) is 22.0 Å². The van der Waals surface area contributed by atoms with Crippen molar-refractivity contribution in [3.05, 3.63) is 52.3 Å². The summed E-state index contributed by atoms with van der Waals surface area (Å²) in [5.74, 6) is -5.12. The van der Waals surface area contributed by atoms with E-state index in [1.54, 1.807) is 0 Å². The van der Waals surface area contributed by atoms with Crippen molar-refractivity contribution in [3.8, 4) is 0 Å². The van der Waals surface area contributed by atoms with E-state index >= 15 is 0 Å². The Morgan fingerprint density at radius 1 is 1.10 bits per heavy atom. The van der Waals surface area contributed by atoms with Crippen LogP contribution in [0.2, 0.25) is 5.02 Å². The Kier molecular flexibility index (Phi) is 3.95. The average Bonchev–Trinajstić information content (AvgIpc) is 2.38. The molecule has 0 radical (unpaired) electrons. The van der Waals surface area contributed by atoms with Gasteiger partial charge in [-0.3, -0.25) is 0 Å². The van der Waals surface area contributed by atoms with E-state index in [0.29, 0.717) is 12.1 Å². The number of hydrogen-bond acceptors (Lipinski definition) is 3. The van der Waals surface area contributed by atoms with Gasteiger partial charge in [0.1, 0.15) is 5.82 Å². The zero-order valence-corrected chi connectivity index (χ0v) is 11.0. The smallest absolute Gasteiger partial charge is 0.337 e. The molecule has 0 unspecified atom stereocenters. The minimum Gasteiger partial charge on any atom is -0.478 e. The highest BCUT2D eigenvalue weighted by molar-refractivity contribution is 6.34. The molecule has 0 aliphatic rings. The van der Waals surface area contributed by atoms with Crippen molar-refractivity contribution < 1.29 is 23.1 Å². The molecule has 2 aromatic rings. The molecule has 0 fully saturated rings. The minimum atomic E-state index is -1.37. The second-order valence-electron chi connectivity index (χ2n) is 4.10. The molecule has 0 aromatic heterocycles. The summed E-state index contributed by atoms with van der Waals surface area (Å²) in [6, 6.07) is 3.24. The van der Waals surface area contributed by atoms with Crippen LogP contribution in [-0.4, -0.2) is 11.1 Å². The molecular formula is C13H8ClF3N2O2. The second kappa shape index (κ2) is 5.53. The minimum absolute atomic E-state index is 0.0914. The van der Waals surface area contributed by atoms with Gasteiger partial charge >= 0.3 is 5.97 Å². The van der Waals surface area contributed by atoms with Crippen molar-refractivity contribution in [1.82, 2.24) is 0 Å². The van der Waals surface area contributed by atoms with Crippen molar-refractivity contribution in [3.63, 3.8) is 0 Å². The molecule has 2 aromatic carbocycles. The van der Waals surface area contributed by atoms with Crippen molar-refractivity contribution in [2.24, 2.45) is 0 Å². The number of halogens is 4. The molecular weight excluding hydrogens is 309 g/mol. The topological polar surface area (TPSA) is 75.3 Å². The van der Waals surface area contributed by atoms with Gasteiger partial charge in [-0.25, -0.2) is 18.0 Å². The molecule has 0 amide bonds. The molecule has 8 heteroatoms. The number of carboxylic acids is 1. The third-order valence-electron chi connectivity index (χ3n) is 2.61. The molecule has 21 heavy (non-hydrogen) atoms. The number of anilines is 3. The number of rotatable bonds is 3. The summed E-state index contributed by atoms with van der Waals surface area (Å²) in [6.07, 6.45) is 0. The average molecular weight is 317 g/mol. The molecule has 0 aliphatic carbocycles. The van der Waals surface area contributed by atoms with Crippen molar-refractivity contribution in [2.75, 3.05) is 11.1 Å². The molecule has 0 aliphatic heterocycles. The first-order valence-corrected chi connectivity index (χ1v) is 5.91. The highest BCUT2D eigenvalue weighted by atomic mass is 35.5. The number of hydrogen-bond donors (Lipinski definition) is 3. The van der Waals surface area contributed by atoms with Crippen LogP contribution in [0.5, 0.6) is 0 Å². The molecule has 2 rings (SSSR count). The standard InChI is InChI=1S/C13H8ClF3N2O2/c14-7-2-5(18)1-6(13(20)21)12(7)19-11-4-9(16)8(15)3-10(11)17/h1-4,19H,18H2,(H,20,21). The molecule has 0 bridgehead atoms. The van der Waals surface area contributed by atoms with Gasteiger partial charge in [-0.15, -0.1) is 0 Å². The monoisotopic (exact) mass is 316 g/mol. The van der Waals surface area contributed by atoms with Gasteiger partial charge in [0, 0.05) is 17.8 Å². The largest absolute Gasteiger partial charge is 0.478 e. The van der Waals surface area contributed by atoms with Crippen molar-refractivity contribution >= 4 is 34.6 Å². The second-order valence-corrected chi connectivity index (χ2v) is 4.51. The van der Waals surface area contributed by atoms with E-state index in [9.17, 15) is 18.0 Å². The normalized spacial score (nSPS) is 10.5. The number of carbonyl (C=O) groups is 1. The van der Waals surface area contributed by atoms with Gasteiger partial charge in [0.2, 0.25) is 0 Å². The number of benzene rings is 2. The third-order valence-corrected chi connectivity index (χ3v) is 2.91. The van der Waals surface area contributed by atoms with Crippen LogP contribution in [-0.2, 0) is 0 Å². The predicted octanol–water partition coefficient (Wildman–Crippen LogP) is 3.78. The molecule has 0 heterocycles. The van der Waals surface area contributed by atoms with E-state index < -0.39 is 29.1 Å². The van der Waals surface area contributed by atoms with Gasteiger partial charge < -0.3 is 16.2 Å². The van der Waals surface area contributed by atoms with E-state index in [0.717, 1.165) is 6.07 Å². The van der Waals surface area contributed by atoms with Gasteiger partial charge in [0.05, 0.1) is 22.0 Å².